The maximum Gasteiger partial charge on any atom is 0.257 e. The molecular formula is C17H18ClN3O3S. The van der Waals surface area contributed by atoms with E-state index in [1.54, 1.807) is 42.6 Å². The summed E-state index contributed by atoms with van der Waals surface area (Å²) in [5.41, 5.74) is 0.933. The van der Waals surface area contributed by atoms with Crippen molar-refractivity contribution in [2.45, 2.75) is 12.5 Å². The van der Waals surface area contributed by atoms with E-state index < -0.39 is 9.84 Å². The van der Waals surface area contributed by atoms with Gasteiger partial charge in [0.05, 0.1) is 34.0 Å². The van der Waals surface area contributed by atoms with Gasteiger partial charge in [0.1, 0.15) is 5.82 Å². The standard InChI is InChI=1S/C17H18ClN3O3S/c1-21(13-8-9-25(23,24)11-13)16-7-6-12(10-19-16)20-17(22)14-4-2-3-5-15(14)18/h2-7,10,13H,8-9,11H2,1H3,(H,20,22). The predicted molar refractivity (Wildman–Crippen MR) is 99.1 cm³/mol. The number of anilines is 2. The van der Waals surface area contributed by atoms with Crippen molar-refractivity contribution in [2.75, 3.05) is 28.8 Å². The molecule has 1 atom stereocenters. The van der Waals surface area contributed by atoms with Crippen molar-refractivity contribution in [1.29, 1.82) is 0 Å². The van der Waals surface area contributed by atoms with E-state index >= 15 is 0 Å². The second-order valence-corrected chi connectivity index (χ2v) is 8.64. The largest absolute Gasteiger partial charge is 0.356 e. The summed E-state index contributed by atoms with van der Waals surface area (Å²) in [6.07, 6.45) is 2.15. The van der Waals surface area contributed by atoms with Gasteiger partial charge in [-0.2, -0.15) is 0 Å². The summed E-state index contributed by atoms with van der Waals surface area (Å²) in [4.78, 5) is 18.4. The smallest absolute Gasteiger partial charge is 0.257 e. The van der Waals surface area contributed by atoms with Gasteiger partial charge < -0.3 is 10.2 Å². The molecule has 1 aliphatic heterocycles. The second-order valence-electron chi connectivity index (χ2n) is 6.01. The van der Waals surface area contributed by atoms with Crippen molar-refractivity contribution in [2.24, 2.45) is 0 Å². The molecule has 0 saturated carbocycles. The molecule has 2 heterocycles. The van der Waals surface area contributed by atoms with E-state index in [0.717, 1.165) is 0 Å². The first-order valence-electron chi connectivity index (χ1n) is 7.81. The van der Waals surface area contributed by atoms with Crippen LogP contribution in [0.2, 0.25) is 5.02 Å². The number of sulfone groups is 1. The normalized spacial score (nSPS) is 18.7. The summed E-state index contributed by atoms with van der Waals surface area (Å²) in [5.74, 6) is 0.720. The molecule has 0 radical (unpaired) electrons. The van der Waals surface area contributed by atoms with Gasteiger partial charge in [0.25, 0.3) is 5.91 Å². The number of carbonyl (C=O) groups is 1. The zero-order valence-corrected chi connectivity index (χ0v) is 15.2. The van der Waals surface area contributed by atoms with E-state index in [-0.39, 0.29) is 23.5 Å². The summed E-state index contributed by atoms with van der Waals surface area (Å²) in [6.45, 7) is 0. The highest BCUT2D eigenvalue weighted by Gasteiger charge is 2.31. The minimum absolute atomic E-state index is 0.0685. The van der Waals surface area contributed by atoms with Crippen LogP contribution in [0.5, 0.6) is 0 Å². The molecule has 1 saturated heterocycles. The quantitative estimate of drug-likeness (QED) is 0.883. The van der Waals surface area contributed by atoms with Gasteiger partial charge in [-0.05, 0) is 30.7 Å². The van der Waals surface area contributed by atoms with Crippen LogP contribution < -0.4 is 10.2 Å². The van der Waals surface area contributed by atoms with Gasteiger partial charge in [-0.15, -0.1) is 0 Å². The van der Waals surface area contributed by atoms with Crippen molar-refractivity contribution >= 4 is 38.9 Å². The van der Waals surface area contributed by atoms with Gasteiger partial charge in [0.15, 0.2) is 9.84 Å². The van der Waals surface area contributed by atoms with Crippen LogP contribution in [0.25, 0.3) is 0 Å². The van der Waals surface area contributed by atoms with Crippen LogP contribution in [-0.2, 0) is 9.84 Å². The Labute approximate surface area is 151 Å². The highest BCUT2D eigenvalue weighted by molar-refractivity contribution is 7.91. The van der Waals surface area contributed by atoms with Crippen LogP contribution in [0.15, 0.2) is 42.6 Å². The highest BCUT2D eigenvalue weighted by atomic mass is 35.5. The predicted octanol–water partition coefficient (Wildman–Crippen LogP) is 2.61. The summed E-state index contributed by atoms with van der Waals surface area (Å²) in [5, 5.41) is 3.13. The Hall–Kier alpha value is -2.12. The molecule has 1 aromatic carbocycles. The third-order valence-corrected chi connectivity index (χ3v) is 6.32. The van der Waals surface area contributed by atoms with Gasteiger partial charge in [0, 0.05) is 13.1 Å². The lowest BCUT2D eigenvalue weighted by molar-refractivity contribution is 0.102. The second kappa shape index (κ2) is 7.01. The average molecular weight is 380 g/mol. The van der Waals surface area contributed by atoms with E-state index in [9.17, 15) is 13.2 Å². The van der Waals surface area contributed by atoms with Gasteiger partial charge >= 0.3 is 0 Å². The molecule has 25 heavy (non-hydrogen) atoms. The fourth-order valence-electron chi connectivity index (χ4n) is 2.78. The summed E-state index contributed by atoms with van der Waals surface area (Å²) in [7, 11) is -1.12. The molecule has 2 aromatic rings. The van der Waals surface area contributed by atoms with E-state index in [4.69, 9.17) is 11.6 Å². The van der Waals surface area contributed by atoms with Crippen LogP contribution >= 0.6 is 11.6 Å². The van der Waals surface area contributed by atoms with Crippen LogP contribution in [-0.4, -0.2) is 43.9 Å². The molecule has 1 fully saturated rings. The molecule has 3 rings (SSSR count). The third kappa shape index (κ3) is 4.11. The maximum absolute atomic E-state index is 12.2. The van der Waals surface area contributed by atoms with Gasteiger partial charge in [-0.3, -0.25) is 4.79 Å². The minimum atomic E-state index is -2.95. The van der Waals surface area contributed by atoms with Crippen LogP contribution in [0.4, 0.5) is 11.5 Å². The maximum atomic E-state index is 12.2. The van der Waals surface area contributed by atoms with Crippen molar-refractivity contribution in [3.8, 4) is 0 Å². The Balaban J connectivity index is 1.68. The van der Waals surface area contributed by atoms with Gasteiger partial charge in [0.2, 0.25) is 0 Å². The number of nitrogens with one attached hydrogen (secondary N) is 1. The minimum Gasteiger partial charge on any atom is -0.356 e. The Bertz CT molecular complexity index is 884. The number of halogens is 1. The number of amides is 1. The van der Waals surface area contributed by atoms with Crippen molar-refractivity contribution in [3.63, 3.8) is 0 Å². The van der Waals surface area contributed by atoms with Crippen LogP contribution in [0.1, 0.15) is 16.8 Å². The zero-order chi connectivity index (χ0) is 18.0. The molecular weight excluding hydrogens is 362 g/mol. The number of hydrogen-bond acceptors (Lipinski definition) is 5. The van der Waals surface area contributed by atoms with Crippen molar-refractivity contribution in [3.05, 3.63) is 53.2 Å². The first kappa shape index (κ1) is 17.7. The number of nitrogens with zero attached hydrogens (tertiary/aromatic N) is 2. The molecule has 0 bridgehead atoms. The zero-order valence-electron chi connectivity index (χ0n) is 13.6. The molecule has 1 amide bonds. The molecule has 1 aliphatic rings. The van der Waals surface area contributed by atoms with Crippen molar-refractivity contribution in [1.82, 2.24) is 4.98 Å². The lowest BCUT2D eigenvalue weighted by Gasteiger charge is -2.24. The fraction of sp³-hybridized carbons (Fsp3) is 0.294. The molecule has 8 heteroatoms. The average Bonchev–Trinajstić information content (AvgIpc) is 2.95. The Morgan fingerprint density at radius 3 is 2.64 bits per heavy atom. The van der Waals surface area contributed by atoms with Gasteiger partial charge in [-0.1, -0.05) is 23.7 Å². The molecule has 1 N–H and O–H groups in total. The van der Waals surface area contributed by atoms with Crippen LogP contribution in [0, 0.1) is 0 Å². The third-order valence-electron chi connectivity index (χ3n) is 4.24. The molecule has 132 valence electrons. The monoisotopic (exact) mass is 379 g/mol. The number of pyridine rings is 1. The Morgan fingerprint density at radius 1 is 1.28 bits per heavy atom. The molecule has 0 spiro atoms. The topological polar surface area (TPSA) is 79.4 Å². The lowest BCUT2D eigenvalue weighted by Crippen LogP contribution is -2.33. The SMILES string of the molecule is CN(c1ccc(NC(=O)c2ccccc2Cl)cn1)C1CCS(=O)(=O)C1. The number of rotatable bonds is 4. The van der Waals surface area contributed by atoms with Crippen LogP contribution in [0.3, 0.4) is 0 Å². The van der Waals surface area contributed by atoms with Crippen molar-refractivity contribution < 1.29 is 13.2 Å². The number of benzene rings is 1. The fourth-order valence-corrected chi connectivity index (χ4v) is 4.78. The summed E-state index contributed by atoms with van der Waals surface area (Å²) >= 11 is 6.02. The first-order valence-corrected chi connectivity index (χ1v) is 10.0. The Morgan fingerprint density at radius 2 is 2.04 bits per heavy atom. The number of aromatic nitrogens is 1. The molecule has 1 aromatic heterocycles. The van der Waals surface area contributed by atoms with E-state index in [0.29, 0.717) is 28.5 Å². The summed E-state index contributed by atoms with van der Waals surface area (Å²) < 4.78 is 23.2. The van der Waals surface area contributed by atoms with E-state index in [1.165, 1.54) is 0 Å². The van der Waals surface area contributed by atoms with Gasteiger partial charge in [-0.25, -0.2) is 13.4 Å². The summed E-state index contributed by atoms with van der Waals surface area (Å²) in [6, 6.07) is 10.2. The highest BCUT2D eigenvalue weighted by Crippen LogP contribution is 2.23. The lowest BCUT2D eigenvalue weighted by atomic mass is 10.2. The van der Waals surface area contributed by atoms with E-state index in [1.807, 2.05) is 11.9 Å². The number of carbonyl (C=O) groups excluding carboxylic acids is 1. The number of hydrogen-bond donors (Lipinski definition) is 1. The Kier molecular flexibility index (Phi) is 4.96. The molecule has 0 aliphatic carbocycles. The molecule has 1 unspecified atom stereocenters. The first-order chi connectivity index (χ1) is 11.9. The van der Waals surface area contributed by atoms with E-state index in [2.05, 4.69) is 10.3 Å². The molecule has 6 nitrogen and oxygen atoms in total.